The van der Waals surface area contributed by atoms with Gasteiger partial charge in [0.25, 0.3) is 5.91 Å². The lowest BCUT2D eigenvalue weighted by Gasteiger charge is -2.13. The van der Waals surface area contributed by atoms with Gasteiger partial charge in [0.2, 0.25) is 11.8 Å². The lowest BCUT2D eigenvalue weighted by molar-refractivity contribution is -0.124. The van der Waals surface area contributed by atoms with Crippen LogP contribution < -0.4 is 16.0 Å². The molecule has 148 valence electrons. The molecule has 0 fully saturated rings. The predicted molar refractivity (Wildman–Crippen MR) is 110 cm³/mol. The van der Waals surface area contributed by atoms with E-state index in [-0.39, 0.29) is 30.7 Å². The molecule has 2 aromatic rings. The van der Waals surface area contributed by atoms with Gasteiger partial charge in [-0.15, -0.1) is 0 Å². The molecule has 2 rings (SSSR count). The molecule has 3 amide bonds. The van der Waals surface area contributed by atoms with Crippen LogP contribution in [0, 0.1) is 20.8 Å². The number of nitrogens with one attached hydrogen (secondary N) is 3. The zero-order valence-corrected chi connectivity index (χ0v) is 16.6. The van der Waals surface area contributed by atoms with Gasteiger partial charge in [-0.05, 0) is 50.5 Å². The van der Waals surface area contributed by atoms with Crippen LogP contribution in [-0.4, -0.2) is 30.8 Å². The molecule has 28 heavy (non-hydrogen) atoms. The van der Waals surface area contributed by atoms with Gasteiger partial charge >= 0.3 is 0 Å². The van der Waals surface area contributed by atoms with Crippen LogP contribution in [0.3, 0.4) is 0 Å². The summed E-state index contributed by atoms with van der Waals surface area (Å²) >= 11 is 0. The first-order chi connectivity index (χ1) is 13.4. The van der Waals surface area contributed by atoms with E-state index in [1.807, 2.05) is 39.0 Å². The quantitative estimate of drug-likeness (QED) is 0.615. The van der Waals surface area contributed by atoms with Crippen LogP contribution in [0.4, 0.5) is 5.69 Å². The van der Waals surface area contributed by atoms with E-state index < -0.39 is 0 Å². The van der Waals surface area contributed by atoms with E-state index in [0.717, 1.165) is 22.4 Å². The lowest BCUT2D eigenvalue weighted by atomic mass is 10.1. The van der Waals surface area contributed by atoms with Gasteiger partial charge in [-0.1, -0.05) is 35.9 Å². The summed E-state index contributed by atoms with van der Waals surface area (Å²) in [6.07, 6.45) is 0.743. The van der Waals surface area contributed by atoms with E-state index >= 15 is 0 Å². The monoisotopic (exact) mass is 381 g/mol. The van der Waals surface area contributed by atoms with Crippen LogP contribution in [-0.2, 0) is 9.59 Å². The molecule has 0 saturated heterocycles. The molecule has 0 aromatic heterocycles. The first-order valence-corrected chi connectivity index (χ1v) is 9.34. The van der Waals surface area contributed by atoms with Crippen LogP contribution in [0.1, 0.15) is 39.9 Å². The maximum Gasteiger partial charge on any atom is 0.251 e. The molecule has 0 spiro atoms. The molecule has 6 heteroatoms. The number of aryl methyl sites for hydroxylation is 3. The first-order valence-electron chi connectivity index (χ1n) is 9.34. The molecule has 0 atom stereocenters. The van der Waals surface area contributed by atoms with E-state index in [1.165, 1.54) is 0 Å². The van der Waals surface area contributed by atoms with Crippen LogP contribution >= 0.6 is 0 Å². The van der Waals surface area contributed by atoms with Crippen molar-refractivity contribution in [2.75, 3.05) is 18.4 Å². The number of hydrogen-bond donors (Lipinski definition) is 3. The molecule has 0 heterocycles. The van der Waals surface area contributed by atoms with Crippen molar-refractivity contribution in [3.8, 4) is 0 Å². The Bertz CT molecular complexity index is 824. The maximum absolute atomic E-state index is 12.1. The smallest absolute Gasteiger partial charge is 0.251 e. The minimum atomic E-state index is -0.263. The predicted octanol–water partition coefficient (Wildman–Crippen LogP) is 2.88. The first kappa shape index (κ1) is 21.2. The van der Waals surface area contributed by atoms with Crippen LogP contribution in [0.2, 0.25) is 0 Å². The van der Waals surface area contributed by atoms with E-state index in [1.54, 1.807) is 24.3 Å². The number of carbonyl (C=O) groups is 3. The minimum Gasteiger partial charge on any atom is -0.352 e. The highest BCUT2D eigenvalue weighted by molar-refractivity contribution is 5.96. The number of carbonyl (C=O) groups excluding carboxylic acids is 3. The standard InChI is InChI=1S/C22H27N3O3/c1-15-12-16(2)21(17(3)13-15)25-20(27)14-24-19(26)10-7-11-23-22(28)18-8-5-4-6-9-18/h4-6,8-9,12-13H,7,10-11,14H2,1-3H3,(H,23,28)(H,24,26)(H,25,27). The molecule has 0 aliphatic heterocycles. The fraction of sp³-hybridized carbons (Fsp3) is 0.318. The van der Waals surface area contributed by atoms with Crippen molar-refractivity contribution in [3.05, 3.63) is 64.7 Å². The van der Waals surface area contributed by atoms with Gasteiger partial charge in [0.05, 0.1) is 6.54 Å². The average Bonchev–Trinajstić information content (AvgIpc) is 2.67. The van der Waals surface area contributed by atoms with E-state index in [4.69, 9.17) is 0 Å². The fourth-order valence-electron chi connectivity index (χ4n) is 2.97. The molecule has 0 aliphatic rings. The number of anilines is 1. The molecule has 3 N–H and O–H groups in total. The summed E-state index contributed by atoms with van der Waals surface area (Å²) in [7, 11) is 0. The van der Waals surface area contributed by atoms with Crippen LogP contribution in [0.5, 0.6) is 0 Å². The highest BCUT2D eigenvalue weighted by atomic mass is 16.2. The summed E-state index contributed by atoms with van der Waals surface area (Å²) < 4.78 is 0. The number of rotatable bonds is 8. The van der Waals surface area contributed by atoms with E-state index in [9.17, 15) is 14.4 Å². The van der Waals surface area contributed by atoms with Crippen molar-refractivity contribution in [1.82, 2.24) is 10.6 Å². The van der Waals surface area contributed by atoms with Crippen molar-refractivity contribution in [2.45, 2.75) is 33.6 Å². The third-order valence-corrected chi connectivity index (χ3v) is 4.29. The van der Waals surface area contributed by atoms with Gasteiger partial charge in [-0.2, -0.15) is 0 Å². The highest BCUT2D eigenvalue weighted by Crippen LogP contribution is 2.21. The van der Waals surface area contributed by atoms with Gasteiger partial charge < -0.3 is 16.0 Å². The average molecular weight is 381 g/mol. The number of benzene rings is 2. The second-order valence-electron chi connectivity index (χ2n) is 6.82. The van der Waals surface area contributed by atoms with Crippen molar-refractivity contribution >= 4 is 23.4 Å². The molecule has 0 unspecified atom stereocenters. The van der Waals surface area contributed by atoms with Gasteiger partial charge in [0, 0.05) is 24.2 Å². The SMILES string of the molecule is Cc1cc(C)c(NC(=O)CNC(=O)CCCNC(=O)c2ccccc2)c(C)c1. The summed E-state index contributed by atoms with van der Waals surface area (Å²) in [5.74, 6) is -0.647. The summed E-state index contributed by atoms with van der Waals surface area (Å²) in [5, 5.41) is 8.23. The zero-order valence-electron chi connectivity index (χ0n) is 16.6. The van der Waals surface area contributed by atoms with Crippen molar-refractivity contribution in [2.24, 2.45) is 0 Å². The second-order valence-corrected chi connectivity index (χ2v) is 6.82. The molecule has 6 nitrogen and oxygen atoms in total. The Kier molecular flexibility index (Phi) is 7.75. The van der Waals surface area contributed by atoms with E-state index in [0.29, 0.717) is 18.5 Å². The third kappa shape index (κ3) is 6.54. The molecular weight excluding hydrogens is 354 g/mol. The van der Waals surface area contributed by atoms with Crippen molar-refractivity contribution in [1.29, 1.82) is 0 Å². The molecule has 0 saturated carbocycles. The largest absolute Gasteiger partial charge is 0.352 e. The third-order valence-electron chi connectivity index (χ3n) is 4.29. The van der Waals surface area contributed by atoms with Crippen LogP contribution in [0.25, 0.3) is 0 Å². The number of amides is 3. The summed E-state index contributed by atoms with van der Waals surface area (Å²) in [6, 6.07) is 12.9. The second kappa shape index (κ2) is 10.3. The normalized spacial score (nSPS) is 10.2. The van der Waals surface area contributed by atoms with Gasteiger partial charge in [-0.3, -0.25) is 14.4 Å². The van der Waals surface area contributed by atoms with Gasteiger partial charge in [-0.25, -0.2) is 0 Å². The fourth-order valence-corrected chi connectivity index (χ4v) is 2.97. The molecule has 2 aromatic carbocycles. The Labute approximate surface area is 165 Å². The maximum atomic E-state index is 12.1. The molecule has 0 radical (unpaired) electrons. The highest BCUT2D eigenvalue weighted by Gasteiger charge is 2.10. The summed E-state index contributed by atoms with van der Waals surface area (Å²) in [5.41, 5.74) is 4.50. The zero-order chi connectivity index (χ0) is 20.5. The van der Waals surface area contributed by atoms with Gasteiger partial charge in [0.1, 0.15) is 0 Å². The number of hydrogen-bond acceptors (Lipinski definition) is 3. The Morgan fingerprint density at radius 3 is 2.14 bits per heavy atom. The molecular formula is C22H27N3O3. The Balaban J connectivity index is 1.67. The Morgan fingerprint density at radius 2 is 1.50 bits per heavy atom. The Hall–Kier alpha value is -3.15. The minimum absolute atomic E-state index is 0.0814. The Morgan fingerprint density at radius 1 is 0.857 bits per heavy atom. The lowest BCUT2D eigenvalue weighted by Crippen LogP contribution is -2.33. The van der Waals surface area contributed by atoms with Crippen LogP contribution in [0.15, 0.2) is 42.5 Å². The van der Waals surface area contributed by atoms with Crippen molar-refractivity contribution < 1.29 is 14.4 Å². The van der Waals surface area contributed by atoms with E-state index in [2.05, 4.69) is 16.0 Å². The molecule has 0 aliphatic carbocycles. The topological polar surface area (TPSA) is 87.3 Å². The van der Waals surface area contributed by atoms with Gasteiger partial charge in [0.15, 0.2) is 0 Å². The summed E-state index contributed by atoms with van der Waals surface area (Å²) in [4.78, 5) is 35.9. The summed E-state index contributed by atoms with van der Waals surface area (Å²) in [6.45, 7) is 6.21. The van der Waals surface area contributed by atoms with Crippen molar-refractivity contribution in [3.63, 3.8) is 0 Å². The molecule has 0 bridgehead atoms.